The minimum absolute atomic E-state index is 0. The molecule has 35 heavy (non-hydrogen) atoms. The molecule has 0 amide bonds. The second kappa shape index (κ2) is 19.3. The molecule has 0 aromatic heterocycles. The van der Waals surface area contributed by atoms with Gasteiger partial charge in [0.05, 0.1) is 4.90 Å². The molecule has 0 fully saturated rings. The number of hydrogen-bond acceptors (Lipinski definition) is 3. The largest absolute Gasteiger partial charge is 1.00 e. The fourth-order valence-corrected chi connectivity index (χ4v) is 5.63. The molecule has 0 heterocycles. The molecule has 0 saturated carbocycles. The molecule has 0 aliphatic heterocycles. The van der Waals surface area contributed by atoms with Gasteiger partial charge in [-0.25, -0.2) is 8.42 Å². The summed E-state index contributed by atoms with van der Waals surface area (Å²) in [5.41, 5.74) is 2.20. The zero-order chi connectivity index (χ0) is 24.7. The molecule has 0 saturated heterocycles. The van der Waals surface area contributed by atoms with E-state index in [1.807, 2.05) is 12.1 Å². The Bertz CT molecular complexity index is 935. The van der Waals surface area contributed by atoms with Gasteiger partial charge in [0.25, 0.3) is 0 Å². The number of rotatable bonds is 19. The van der Waals surface area contributed by atoms with Crippen LogP contribution < -0.4 is 51.4 Å². The molecule has 3 nitrogen and oxygen atoms in total. The van der Waals surface area contributed by atoms with Gasteiger partial charge >= 0.3 is 51.4 Å². The Morgan fingerprint density at radius 3 is 1.51 bits per heavy atom. The van der Waals surface area contributed by atoms with Gasteiger partial charge in [0.1, 0.15) is 10.1 Å². The summed E-state index contributed by atoms with van der Waals surface area (Å²) in [7, 11) is -4.50. The standard InChI is InChI=1S/C30H48O3S.K/c1-3-5-7-9-11-13-15-17-19-26-21-22-29-28(23-26)24-27(25-30(29)34(31,32)33)20-18-16-14-12-10-8-6-4-2;/h21-25H,3-20H2,1-2H3,(H,31,32,33);/q;+1/p-1. The zero-order valence-corrected chi connectivity index (χ0v) is 26.7. The topological polar surface area (TPSA) is 57.2 Å². The Morgan fingerprint density at radius 2 is 1.03 bits per heavy atom. The number of hydrogen-bond donors (Lipinski definition) is 0. The van der Waals surface area contributed by atoms with Crippen LogP contribution in [-0.2, 0) is 23.0 Å². The Hall–Kier alpha value is 0.246. The van der Waals surface area contributed by atoms with Crippen molar-refractivity contribution in [2.45, 2.75) is 134 Å². The fraction of sp³-hybridized carbons (Fsp3) is 0.667. The van der Waals surface area contributed by atoms with E-state index >= 15 is 0 Å². The number of unbranched alkanes of at least 4 members (excludes halogenated alkanes) is 14. The molecule has 0 radical (unpaired) electrons. The maximum absolute atomic E-state index is 12.0. The molecular weight excluding hydrogens is 479 g/mol. The van der Waals surface area contributed by atoms with Crippen LogP contribution in [0.2, 0.25) is 0 Å². The summed E-state index contributed by atoms with van der Waals surface area (Å²) in [6.45, 7) is 4.48. The molecule has 0 aliphatic carbocycles. The van der Waals surface area contributed by atoms with E-state index < -0.39 is 10.1 Å². The van der Waals surface area contributed by atoms with E-state index in [2.05, 4.69) is 26.0 Å². The second-order valence-corrected chi connectivity index (χ2v) is 11.4. The molecule has 0 spiro atoms. The van der Waals surface area contributed by atoms with E-state index in [9.17, 15) is 13.0 Å². The van der Waals surface area contributed by atoms with Crippen molar-refractivity contribution >= 4 is 20.9 Å². The summed E-state index contributed by atoms with van der Waals surface area (Å²) in [4.78, 5) is -0.0572. The van der Waals surface area contributed by atoms with Crippen molar-refractivity contribution in [1.82, 2.24) is 0 Å². The van der Waals surface area contributed by atoms with Crippen molar-refractivity contribution in [3.05, 3.63) is 41.5 Å². The Morgan fingerprint density at radius 1 is 0.600 bits per heavy atom. The SMILES string of the molecule is CCCCCCCCCCc1ccc2c(S(=O)(=O)[O-])cc(CCCCCCCCCC)cc2c1.[K+]. The predicted octanol–water partition coefficient (Wildman–Crippen LogP) is 6.11. The van der Waals surface area contributed by atoms with Crippen LogP contribution in [0.15, 0.2) is 35.2 Å². The summed E-state index contributed by atoms with van der Waals surface area (Å²) in [5.74, 6) is 0. The second-order valence-electron chi connectivity index (χ2n) is 10.1. The smallest absolute Gasteiger partial charge is 0.744 e. The maximum Gasteiger partial charge on any atom is 1.00 e. The molecule has 0 N–H and O–H groups in total. The number of fused-ring (bicyclic) bond motifs is 1. The van der Waals surface area contributed by atoms with E-state index in [-0.39, 0.29) is 56.3 Å². The van der Waals surface area contributed by atoms with Gasteiger partial charge in [-0.3, -0.25) is 0 Å². The van der Waals surface area contributed by atoms with Gasteiger partial charge < -0.3 is 4.55 Å². The van der Waals surface area contributed by atoms with Gasteiger partial charge in [-0.15, -0.1) is 0 Å². The summed E-state index contributed by atoms with van der Waals surface area (Å²) < 4.78 is 35.9. The Kier molecular flexibility index (Phi) is 18.4. The third kappa shape index (κ3) is 13.6. The van der Waals surface area contributed by atoms with Crippen molar-refractivity contribution in [3.63, 3.8) is 0 Å². The first-order valence-corrected chi connectivity index (χ1v) is 15.4. The van der Waals surface area contributed by atoms with Crippen LogP contribution in [0.5, 0.6) is 0 Å². The van der Waals surface area contributed by atoms with E-state index in [4.69, 9.17) is 0 Å². The summed E-state index contributed by atoms with van der Waals surface area (Å²) in [6.07, 6.45) is 22.1. The normalized spacial score (nSPS) is 11.6. The average molecular weight is 527 g/mol. The van der Waals surface area contributed by atoms with Gasteiger partial charge in [-0.05, 0) is 53.6 Å². The van der Waals surface area contributed by atoms with Crippen LogP contribution in [0.25, 0.3) is 10.8 Å². The molecule has 5 heteroatoms. The van der Waals surface area contributed by atoms with Crippen molar-refractivity contribution in [2.75, 3.05) is 0 Å². The first-order chi connectivity index (χ1) is 16.5. The van der Waals surface area contributed by atoms with Crippen LogP contribution in [0, 0.1) is 0 Å². The molecule has 2 aromatic rings. The minimum Gasteiger partial charge on any atom is -0.744 e. The molecular formula is C30H47KO3S. The summed E-state index contributed by atoms with van der Waals surface area (Å²) in [6, 6.07) is 9.64. The third-order valence-corrected chi connectivity index (χ3v) is 7.82. The maximum atomic E-state index is 12.0. The third-order valence-electron chi connectivity index (χ3n) is 6.95. The van der Waals surface area contributed by atoms with E-state index in [1.54, 1.807) is 6.07 Å². The van der Waals surface area contributed by atoms with Gasteiger partial charge in [0, 0.05) is 0 Å². The fourth-order valence-electron chi connectivity index (χ4n) is 4.88. The summed E-state index contributed by atoms with van der Waals surface area (Å²) in [5, 5.41) is 1.46. The van der Waals surface area contributed by atoms with Crippen molar-refractivity contribution in [3.8, 4) is 0 Å². The molecule has 192 valence electrons. The van der Waals surface area contributed by atoms with E-state index in [1.165, 1.54) is 89.0 Å². The van der Waals surface area contributed by atoms with Crippen molar-refractivity contribution in [1.29, 1.82) is 0 Å². The first-order valence-electron chi connectivity index (χ1n) is 14.0. The van der Waals surface area contributed by atoms with Crippen LogP contribution in [0.3, 0.4) is 0 Å². The van der Waals surface area contributed by atoms with Crippen LogP contribution in [0.4, 0.5) is 0 Å². The predicted molar refractivity (Wildman–Crippen MR) is 145 cm³/mol. The molecule has 0 atom stereocenters. The molecule has 0 unspecified atom stereocenters. The Labute approximate surface area is 258 Å². The number of benzene rings is 2. The molecule has 2 aromatic carbocycles. The van der Waals surface area contributed by atoms with Gasteiger partial charge in [-0.2, -0.15) is 0 Å². The zero-order valence-electron chi connectivity index (χ0n) is 22.7. The van der Waals surface area contributed by atoms with Crippen LogP contribution >= 0.6 is 0 Å². The molecule has 2 rings (SSSR count). The van der Waals surface area contributed by atoms with Gasteiger partial charge in [-0.1, -0.05) is 128 Å². The minimum atomic E-state index is -4.50. The van der Waals surface area contributed by atoms with Crippen LogP contribution in [0.1, 0.15) is 128 Å². The summed E-state index contributed by atoms with van der Waals surface area (Å²) >= 11 is 0. The quantitative estimate of drug-likeness (QED) is 0.126. The van der Waals surface area contributed by atoms with Gasteiger partial charge in [0.2, 0.25) is 0 Å². The van der Waals surface area contributed by atoms with Crippen LogP contribution in [-0.4, -0.2) is 13.0 Å². The first kappa shape index (κ1) is 33.3. The molecule has 0 aliphatic rings. The van der Waals surface area contributed by atoms with E-state index in [0.717, 1.165) is 43.1 Å². The average Bonchev–Trinajstić information content (AvgIpc) is 2.81. The van der Waals surface area contributed by atoms with Crippen molar-refractivity contribution < 1.29 is 64.4 Å². The monoisotopic (exact) mass is 526 g/mol. The Balaban J connectivity index is 0.00000612. The van der Waals surface area contributed by atoms with Gasteiger partial charge in [0.15, 0.2) is 0 Å². The van der Waals surface area contributed by atoms with E-state index in [0.29, 0.717) is 5.39 Å². The molecule has 0 bridgehead atoms. The number of aryl methyl sites for hydroxylation is 2. The van der Waals surface area contributed by atoms with Crippen molar-refractivity contribution in [2.24, 2.45) is 0 Å².